The molecule has 0 amide bonds. The molecule has 5 saturated carbocycles. The van der Waals surface area contributed by atoms with E-state index in [1.54, 1.807) is 0 Å². The van der Waals surface area contributed by atoms with Gasteiger partial charge in [-0.2, -0.15) is 0 Å². The van der Waals surface area contributed by atoms with Crippen LogP contribution in [0.1, 0.15) is 84.5 Å². The summed E-state index contributed by atoms with van der Waals surface area (Å²) >= 11 is 0. The van der Waals surface area contributed by atoms with Gasteiger partial charge in [-0.3, -0.25) is 4.79 Å². The van der Waals surface area contributed by atoms with Crippen molar-refractivity contribution in [2.24, 2.45) is 39.9 Å². The second kappa shape index (κ2) is 4.87. The normalized spacial score (nSPS) is 59.5. The van der Waals surface area contributed by atoms with Gasteiger partial charge in [-0.05, 0) is 98.7 Å². The Kier molecular flexibility index (Phi) is 3.22. The van der Waals surface area contributed by atoms with Crippen molar-refractivity contribution in [3.8, 4) is 0 Å². The molecule has 0 saturated heterocycles. The highest BCUT2D eigenvalue weighted by Crippen LogP contribution is 2.73. The van der Waals surface area contributed by atoms with Crippen LogP contribution < -0.4 is 0 Å². The molecule has 5 aliphatic carbocycles. The highest BCUT2D eigenvalue weighted by Gasteiger charge is 2.68. The average molecular weight is 331 g/mol. The summed E-state index contributed by atoms with van der Waals surface area (Å²) in [7, 11) is 0. The van der Waals surface area contributed by atoms with E-state index in [0.29, 0.717) is 16.6 Å². The first-order chi connectivity index (χ1) is 11.4. The van der Waals surface area contributed by atoms with Gasteiger partial charge in [0, 0.05) is 11.8 Å². The van der Waals surface area contributed by atoms with Gasteiger partial charge in [0.2, 0.25) is 0 Å². The number of aliphatic hydroxyl groups excluding tert-OH is 1. The van der Waals surface area contributed by atoms with Crippen LogP contribution in [0.4, 0.5) is 0 Å². The lowest BCUT2D eigenvalue weighted by atomic mass is 9.41. The smallest absolute Gasteiger partial charge is 0.139 e. The minimum atomic E-state index is -0.0455. The topological polar surface area (TPSA) is 37.3 Å². The minimum Gasteiger partial charge on any atom is -0.393 e. The number of carbonyl (C=O) groups excluding carboxylic acids is 1. The first-order valence-corrected chi connectivity index (χ1v) is 10.6. The molecule has 1 spiro atoms. The molecule has 2 nitrogen and oxygen atoms in total. The van der Waals surface area contributed by atoms with E-state index in [9.17, 15) is 9.90 Å². The molecule has 8 atom stereocenters. The van der Waals surface area contributed by atoms with Crippen molar-refractivity contribution in [2.75, 3.05) is 0 Å². The molecule has 24 heavy (non-hydrogen) atoms. The molecule has 0 unspecified atom stereocenters. The van der Waals surface area contributed by atoms with Crippen molar-refractivity contribution in [3.05, 3.63) is 0 Å². The van der Waals surface area contributed by atoms with Crippen molar-refractivity contribution >= 4 is 5.78 Å². The van der Waals surface area contributed by atoms with Crippen LogP contribution in [0.3, 0.4) is 0 Å². The predicted octanol–water partition coefficient (Wildman–Crippen LogP) is 4.74. The van der Waals surface area contributed by atoms with E-state index >= 15 is 0 Å². The fraction of sp³-hybridized carbons (Fsp3) is 0.955. The third kappa shape index (κ3) is 1.70. The van der Waals surface area contributed by atoms with E-state index in [4.69, 9.17) is 0 Å². The van der Waals surface area contributed by atoms with Crippen LogP contribution in [0.15, 0.2) is 0 Å². The molecule has 5 fully saturated rings. The number of carbonyl (C=O) groups is 1. The summed E-state index contributed by atoms with van der Waals surface area (Å²) in [6.07, 6.45) is 13.1. The molecule has 1 N–H and O–H groups in total. The fourth-order valence-corrected chi connectivity index (χ4v) is 8.77. The maximum atomic E-state index is 12.6. The van der Waals surface area contributed by atoms with Gasteiger partial charge < -0.3 is 5.11 Å². The lowest BCUT2D eigenvalue weighted by Gasteiger charge is -2.63. The lowest BCUT2D eigenvalue weighted by molar-refractivity contribution is -0.166. The third-order valence-corrected chi connectivity index (χ3v) is 10.3. The monoisotopic (exact) mass is 330 g/mol. The molecule has 0 radical (unpaired) electrons. The van der Waals surface area contributed by atoms with E-state index < -0.39 is 0 Å². The Morgan fingerprint density at radius 2 is 1.71 bits per heavy atom. The van der Waals surface area contributed by atoms with E-state index in [2.05, 4.69) is 13.8 Å². The summed E-state index contributed by atoms with van der Waals surface area (Å²) in [5.74, 6) is 3.85. The lowest BCUT2D eigenvalue weighted by Crippen LogP contribution is -2.58. The molecule has 5 aliphatic rings. The number of Topliss-reactive ketones (excluding diaryl/α,β-unsaturated/α-hetero) is 1. The second-order valence-electron chi connectivity index (χ2n) is 10.6. The van der Waals surface area contributed by atoms with Gasteiger partial charge in [0.1, 0.15) is 5.78 Å². The predicted molar refractivity (Wildman–Crippen MR) is 94.4 cm³/mol. The maximum Gasteiger partial charge on any atom is 0.139 e. The van der Waals surface area contributed by atoms with Gasteiger partial charge in [-0.15, -0.1) is 0 Å². The second-order valence-corrected chi connectivity index (χ2v) is 10.6. The summed E-state index contributed by atoms with van der Waals surface area (Å²) in [6, 6.07) is 0. The number of fused-ring (bicyclic) bond motifs is 6. The average Bonchev–Trinajstić information content (AvgIpc) is 2.89. The molecular weight excluding hydrogens is 296 g/mol. The van der Waals surface area contributed by atoms with Crippen LogP contribution in [-0.4, -0.2) is 17.0 Å². The molecule has 0 aromatic rings. The molecule has 0 bridgehead atoms. The SMILES string of the molecule is C[C@]12CC[C@H](O)C[C@H]1CC[C@@H]1[C@@H]2CC[C@@]2(C)[C@H]1CC[C@@]21CCC1=O. The Bertz CT molecular complexity index is 570. The first kappa shape index (κ1) is 15.9. The maximum absolute atomic E-state index is 12.6. The molecule has 2 heteroatoms. The van der Waals surface area contributed by atoms with Crippen molar-refractivity contribution in [1.29, 1.82) is 0 Å². The van der Waals surface area contributed by atoms with E-state index in [1.807, 2.05) is 0 Å². The van der Waals surface area contributed by atoms with Crippen molar-refractivity contribution in [3.63, 3.8) is 0 Å². The Morgan fingerprint density at radius 3 is 2.42 bits per heavy atom. The van der Waals surface area contributed by atoms with Gasteiger partial charge in [0.05, 0.1) is 6.10 Å². The third-order valence-electron chi connectivity index (χ3n) is 10.3. The number of rotatable bonds is 0. The Hall–Kier alpha value is -0.370. The minimum absolute atomic E-state index is 0.0455. The standard InChI is InChI=1S/C22H34O2/c1-20-9-5-15(23)13-14(20)3-4-16-17(20)6-10-21(2)18(16)7-11-22(21)12-8-19(22)24/h14-18,23H,3-13H2,1-2H3/t14-,15+,16-,17+,18+,20+,21+,22+/m1/s1. The number of ketones is 1. The van der Waals surface area contributed by atoms with Crippen molar-refractivity contribution in [1.82, 2.24) is 0 Å². The zero-order valence-corrected chi connectivity index (χ0v) is 15.5. The number of hydrogen-bond acceptors (Lipinski definition) is 2. The van der Waals surface area contributed by atoms with Crippen LogP contribution in [-0.2, 0) is 4.79 Å². The van der Waals surface area contributed by atoms with E-state index in [0.717, 1.165) is 42.9 Å². The molecule has 0 heterocycles. The fourth-order valence-electron chi connectivity index (χ4n) is 8.77. The largest absolute Gasteiger partial charge is 0.393 e. The van der Waals surface area contributed by atoms with Crippen LogP contribution in [0.25, 0.3) is 0 Å². The van der Waals surface area contributed by atoms with Gasteiger partial charge in [0.25, 0.3) is 0 Å². The molecule has 5 rings (SSSR count). The molecule has 0 aromatic carbocycles. The summed E-state index contributed by atoms with van der Waals surface area (Å²) in [4.78, 5) is 12.6. The number of aliphatic hydroxyl groups is 1. The summed E-state index contributed by atoms with van der Waals surface area (Å²) in [6.45, 7) is 5.05. The van der Waals surface area contributed by atoms with E-state index in [-0.39, 0.29) is 11.5 Å². The van der Waals surface area contributed by atoms with E-state index in [1.165, 1.54) is 51.4 Å². The highest BCUT2D eigenvalue weighted by molar-refractivity contribution is 5.91. The molecular formula is C22H34O2. The zero-order valence-electron chi connectivity index (χ0n) is 15.5. The molecule has 134 valence electrons. The first-order valence-electron chi connectivity index (χ1n) is 10.6. The highest BCUT2D eigenvalue weighted by atomic mass is 16.3. The quantitative estimate of drug-likeness (QED) is 0.696. The number of hydrogen-bond donors (Lipinski definition) is 1. The van der Waals surface area contributed by atoms with Crippen molar-refractivity contribution < 1.29 is 9.90 Å². The summed E-state index contributed by atoms with van der Waals surface area (Å²) in [5, 5.41) is 10.1. The van der Waals surface area contributed by atoms with Crippen LogP contribution >= 0.6 is 0 Å². The van der Waals surface area contributed by atoms with Gasteiger partial charge in [0.15, 0.2) is 0 Å². The van der Waals surface area contributed by atoms with Gasteiger partial charge in [-0.25, -0.2) is 0 Å². The zero-order chi connectivity index (χ0) is 16.7. The Labute approximate surface area is 146 Å². The van der Waals surface area contributed by atoms with Gasteiger partial charge in [-0.1, -0.05) is 13.8 Å². The summed E-state index contributed by atoms with van der Waals surface area (Å²) in [5.41, 5.74) is 0.854. The van der Waals surface area contributed by atoms with Gasteiger partial charge >= 0.3 is 0 Å². The van der Waals surface area contributed by atoms with Crippen molar-refractivity contribution in [2.45, 2.75) is 90.6 Å². The molecule has 0 aliphatic heterocycles. The van der Waals surface area contributed by atoms with Crippen LogP contribution in [0.2, 0.25) is 0 Å². The Balaban J connectivity index is 1.46. The summed E-state index contributed by atoms with van der Waals surface area (Å²) < 4.78 is 0. The van der Waals surface area contributed by atoms with Crippen LogP contribution in [0, 0.1) is 39.9 Å². The molecule has 0 aromatic heterocycles. The Morgan fingerprint density at radius 1 is 0.917 bits per heavy atom. The van der Waals surface area contributed by atoms with Crippen LogP contribution in [0.5, 0.6) is 0 Å².